The first-order valence-corrected chi connectivity index (χ1v) is 6.04. The molecule has 0 amide bonds. The van der Waals surface area contributed by atoms with Gasteiger partial charge in [0.05, 0.1) is 11.1 Å². The van der Waals surface area contributed by atoms with Gasteiger partial charge in [0.2, 0.25) is 0 Å². The Balaban J connectivity index is 2.55. The van der Waals surface area contributed by atoms with Crippen molar-refractivity contribution in [3.63, 3.8) is 0 Å². The van der Waals surface area contributed by atoms with Gasteiger partial charge in [-0.25, -0.2) is 0 Å². The van der Waals surface area contributed by atoms with Crippen molar-refractivity contribution in [1.29, 1.82) is 0 Å². The van der Waals surface area contributed by atoms with Crippen molar-refractivity contribution in [2.24, 2.45) is 5.73 Å². The molecule has 0 unspecified atom stereocenters. The number of hydrogen-bond acceptors (Lipinski definition) is 3. The van der Waals surface area contributed by atoms with Gasteiger partial charge >= 0.3 is 6.36 Å². The standard InChI is InChI=1S/C11H13BrF3NO2/c12-9-3-1-2-8(4-5-16)10(9)17-6-7-18-11(13,14)15/h1-3H,4-7,16H2. The summed E-state index contributed by atoms with van der Waals surface area (Å²) in [4.78, 5) is 0. The minimum absolute atomic E-state index is 0.181. The third kappa shape index (κ3) is 5.24. The van der Waals surface area contributed by atoms with Crippen molar-refractivity contribution in [3.8, 4) is 5.75 Å². The fourth-order valence-electron chi connectivity index (χ4n) is 1.37. The number of alkyl halides is 3. The van der Waals surface area contributed by atoms with Gasteiger partial charge in [0, 0.05) is 0 Å². The summed E-state index contributed by atoms with van der Waals surface area (Å²) < 4.78 is 44.9. The van der Waals surface area contributed by atoms with Crippen LogP contribution in [0.15, 0.2) is 22.7 Å². The second kappa shape index (κ2) is 6.96. The van der Waals surface area contributed by atoms with Gasteiger partial charge in [-0.2, -0.15) is 0 Å². The van der Waals surface area contributed by atoms with Crippen LogP contribution in [0.3, 0.4) is 0 Å². The highest BCUT2D eigenvalue weighted by atomic mass is 79.9. The van der Waals surface area contributed by atoms with E-state index >= 15 is 0 Å². The Kier molecular flexibility index (Phi) is 5.90. The minimum atomic E-state index is -4.63. The van der Waals surface area contributed by atoms with Gasteiger partial charge in [-0.3, -0.25) is 4.74 Å². The molecule has 3 nitrogen and oxygen atoms in total. The predicted octanol–water partition coefficient (Wildman–Crippen LogP) is 2.87. The molecular weight excluding hydrogens is 315 g/mol. The maximum absolute atomic E-state index is 11.8. The van der Waals surface area contributed by atoms with E-state index in [0.29, 0.717) is 23.2 Å². The molecule has 1 aromatic rings. The molecule has 1 aromatic carbocycles. The van der Waals surface area contributed by atoms with Crippen LogP contribution in [0.4, 0.5) is 13.2 Å². The Hall–Kier alpha value is -0.790. The molecule has 0 fully saturated rings. The molecule has 0 saturated heterocycles. The number of ether oxygens (including phenoxy) is 2. The monoisotopic (exact) mass is 327 g/mol. The molecule has 0 radical (unpaired) electrons. The van der Waals surface area contributed by atoms with Gasteiger partial charge in [0.25, 0.3) is 0 Å². The summed E-state index contributed by atoms with van der Waals surface area (Å²) in [5.74, 6) is 0.508. The molecule has 0 aliphatic carbocycles. The largest absolute Gasteiger partial charge is 0.522 e. The lowest BCUT2D eigenvalue weighted by Gasteiger charge is -2.13. The Morgan fingerprint density at radius 1 is 1.22 bits per heavy atom. The highest BCUT2D eigenvalue weighted by Gasteiger charge is 2.28. The third-order valence-electron chi connectivity index (χ3n) is 2.06. The highest BCUT2D eigenvalue weighted by molar-refractivity contribution is 9.10. The number of rotatable bonds is 6. The molecule has 0 spiro atoms. The van der Waals surface area contributed by atoms with E-state index in [1.165, 1.54) is 0 Å². The highest BCUT2D eigenvalue weighted by Crippen LogP contribution is 2.29. The first-order chi connectivity index (χ1) is 8.44. The van der Waals surface area contributed by atoms with E-state index in [1.807, 2.05) is 12.1 Å². The summed E-state index contributed by atoms with van der Waals surface area (Å²) >= 11 is 3.28. The third-order valence-corrected chi connectivity index (χ3v) is 2.68. The molecular formula is C11H13BrF3NO2. The maximum atomic E-state index is 11.8. The number of para-hydroxylation sites is 1. The van der Waals surface area contributed by atoms with Crippen molar-refractivity contribution in [2.75, 3.05) is 19.8 Å². The van der Waals surface area contributed by atoms with Crippen LogP contribution in [0.2, 0.25) is 0 Å². The van der Waals surface area contributed by atoms with E-state index in [0.717, 1.165) is 5.56 Å². The molecule has 18 heavy (non-hydrogen) atoms. The van der Waals surface area contributed by atoms with Gasteiger partial charge < -0.3 is 10.5 Å². The van der Waals surface area contributed by atoms with Crippen molar-refractivity contribution >= 4 is 15.9 Å². The van der Waals surface area contributed by atoms with Crippen molar-refractivity contribution < 1.29 is 22.6 Å². The van der Waals surface area contributed by atoms with Gasteiger partial charge in [-0.05, 0) is 40.5 Å². The van der Waals surface area contributed by atoms with Crippen molar-refractivity contribution in [1.82, 2.24) is 0 Å². The topological polar surface area (TPSA) is 44.5 Å². The number of halogens is 4. The van der Waals surface area contributed by atoms with Crippen LogP contribution in [0.1, 0.15) is 5.56 Å². The zero-order valence-corrected chi connectivity index (χ0v) is 11.1. The molecule has 2 N–H and O–H groups in total. The Morgan fingerprint density at radius 2 is 1.94 bits per heavy atom. The normalized spacial score (nSPS) is 11.6. The van der Waals surface area contributed by atoms with Crippen LogP contribution < -0.4 is 10.5 Å². The molecule has 0 heterocycles. The van der Waals surface area contributed by atoms with Crippen molar-refractivity contribution in [2.45, 2.75) is 12.8 Å². The van der Waals surface area contributed by atoms with E-state index in [2.05, 4.69) is 20.7 Å². The quantitative estimate of drug-likeness (QED) is 0.817. The second-order valence-electron chi connectivity index (χ2n) is 3.41. The Morgan fingerprint density at radius 3 is 2.56 bits per heavy atom. The lowest BCUT2D eigenvalue weighted by molar-refractivity contribution is -0.325. The fraction of sp³-hybridized carbons (Fsp3) is 0.455. The van der Waals surface area contributed by atoms with Crippen LogP contribution in [-0.2, 0) is 11.2 Å². The van der Waals surface area contributed by atoms with E-state index < -0.39 is 13.0 Å². The number of nitrogens with two attached hydrogens (primary N) is 1. The first kappa shape index (κ1) is 15.3. The maximum Gasteiger partial charge on any atom is 0.522 e. The first-order valence-electron chi connectivity index (χ1n) is 5.25. The summed E-state index contributed by atoms with van der Waals surface area (Å²) in [6.07, 6.45) is -4.04. The summed E-state index contributed by atoms with van der Waals surface area (Å²) in [5, 5.41) is 0. The summed E-state index contributed by atoms with van der Waals surface area (Å²) in [6, 6.07) is 5.38. The average molecular weight is 328 g/mol. The predicted molar refractivity (Wildman–Crippen MR) is 64.4 cm³/mol. The number of hydrogen-bond donors (Lipinski definition) is 1. The van der Waals surface area contributed by atoms with Gasteiger partial charge in [-0.1, -0.05) is 12.1 Å². The molecule has 0 aliphatic rings. The molecule has 0 atom stereocenters. The van der Waals surface area contributed by atoms with E-state index in [4.69, 9.17) is 10.5 Å². The Bertz CT molecular complexity index is 385. The molecule has 0 aliphatic heterocycles. The van der Waals surface area contributed by atoms with Crippen LogP contribution in [0.5, 0.6) is 5.75 Å². The van der Waals surface area contributed by atoms with Crippen LogP contribution in [0.25, 0.3) is 0 Å². The minimum Gasteiger partial charge on any atom is -0.490 e. The summed E-state index contributed by atoms with van der Waals surface area (Å²) in [7, 11) is 0. The average Bonchev–Trinajstić information content (AvgIpc) is 2.26. The molecule has 7 heteroatoms. The van der Waals surface area contributed by atoms with Crippen molar-refractivity contribution in [3.05, 3.63) is 28.2 Å². The van der Waals surface area contributed by atoms with Crippen LogP contribution in [0, 0.1) is 0 Å². The summed E-state index contributed by atoms with van der Waals surface area (Å²) in [5.41, 5.74) is 6.29. The molecule has 0 bridgehead atoms. The smallest absolute Gasteiger partial charge is 0.490 e. The second-order valence-corrected chi connectivity index (χ2v) is 4.26. The van der Waals surface area contributed by atoms with E-state index in [9.17, 15) is 13.2 Å². The lowest BCUT2D eigenvalue weighted by Crippen LogP contribution is -2.18. The van der Waals surface area contributed by atoms with Gasteiger partial charge in [0.1, 0.15) is 12.4 Å². The lowest BCUT2D eigenvalue weighted by atomic mass is 10.1. The molecule has 102 valence electrons. The fourth-order valence-corrected chi connectivity index (χ4v) is 1.89. The zero-order valence-electron chi connectivity index (χ0n) is 9.47. The van der Waals surface area contributed by atoms with Gasteiger partial charge in [0.15, 0.2) is 0 Å². The molecule has 0 aromatic heterocycles. The Labute approximate surface area is 111 Å². The zero-order chi connectivity index (χ0) is 13.6. The number of benzene rings is 1. The van der Waals surface area contributed by atoms with Gasteiger partial charge in [-0.15, -0.1) is 13.2 Å². The van der Waals surface area contributed by atoms with Crippen LogP contribution in [-0.4, -0.2) is 26.1 Å². The van der Waals surface area contributed by atoms with E-state index in [-0.39, 0.29) is 6.61 Å². The van der Waals surface area contributed by atoms with Crippen LogP contribution >= 0.6 is 15.9 Å². The van der Waals surface area contributed by atoms with E-state index in [1.54, 1.807) is 6.07 Å². The molecule has 1 rings (SSSR count). The SMILES string of the molecule is NCCc1cccc(Br)c1OCCOC(F)(F)F. The summed E-state index contributed by atoms with van der Waals surface area (Å²) in [6.45, 7) is -0.293. The molecule has 0 saturated carbocycles.